The molecule has 170 valence electrons. The number of nitrogens with zero attached hydrogens (tertiary/aromatic N) is 1. The van der Waals surface area contributed by atoms with Crippen LogP contribution in [0.2, 0.25) is 0 Å². The lowest BCUT2D eigenvalue weighted by atomic mass is 9.78. The first-order chi connectivity index (χ1) is 16.0. The summed E-state index contributed by atoms with van der Waals surface area (Å²) in [6, 6.07) is 23.7. The fraction of sp³-hybridized carbons (Fsp3) is 0.259. The zero-order valence-electron chi connectivity index (χ0n) is 18.7. The van der Waals surface area contributed by atoms with E-state index in [4.69, 9.17) is 9.47 Å². The van der Waals surface area contributed by atoms with Gasteiger partial charge in [0.2, 0.25) is 5.91 Å². The van der Waals surface area contributed by atoms with Gasteiger partial charge in [-0.1, -0.05) is 48.5 Å². The normalized spacial score (nSPS) is 18.4. The summed E-state index contributed by atoms with van der Waals surface area (Å²) in [5.41, 5.74) is 2.33. The molecule has 1 aliphatic heterocycles. The maximum atomic E-state index is 13.3. The van der Waals surface area contributed by atoms with Crippen molar-refractivity contribution in [2.75, 3.05) is 12.0 Å². The summed E-state index contributed by atoms with van der Waals surface area (Å²) in [6.07, 6.45) is 0.294. The Morgan fingerprint density at radius 3 is 2.33 bits per heavy atom. The predicted molar refractivity (Wildman–Crippen MR) is 125 cm³/mol. The van der Waals surface area contributed by atoms with Crippen molar-refractivity contribution in [3.8, 4) is 11.5 Å². The Labute approximate surface area is 193 Å². The summed E-state index contributed by atoms with van der Waals surface area (Å²) in [4.78, 5) is 26.7. The number of methoxy groups -OCH3 is 1. The zero-order valence-corrected chi connectivity index (χ0v) is 18.7. The average Bonchev–Trinajstić information content (AvgIpc) is 2.83. The summed E-state index contributed by atoms with van der Waals surface area (Å²) < 4.78 is 10.7. The fourth-order valence-electron chi connectivity index (χ4n) is 4.37. The van der Waals surface area contributed by atoms with Crippen molar-refractivity contribution >= 4 is 17.6 Å². The first-order valence-electron chi connectivity index (χ1n) is 11.0. The van der Waals surface area contributed by atoms with Gasteiger partial charge in [-0.05, 0) is 48.7 Å². The third kappa shape index (κ3) is 4.76. The summed E-state index contributed by atoms with van der Waals surface area (Å²) >= 11 is 0. The van der Waals surface area contributed by atoms with Crippen LogP contribution in [0.4, 0.5) is 5.69 Å². The van der Waals surface area contributed by atoms with Crippen molar-refractivity contribution in [1.29, 1.82) is 0 Å². The molecule has 33 heavy (non-hydrogen) atoms. The van der Waals surface area contributed by atoms with Crippen LogP contribution < -0.4 is 14.4 Å². The molecule has 0 spiro atoms. The second-order valence-electron chi connectivity index (χ2n) is 8.09. The highest BCUT2D eigenvalue weighted by Crippen LogP contribution is 2.48. The molecule has 6 heteroatoms. The number of hydrogen-bond donors (Lipinski definition) is 1. The van der Waals surface area contributed by atoms with E-state index >= 15 is 0 Å². The molecule has 0 aliphatic carbocycles. The number of amides is 1. The molecule has 3 aromatic carbocycles. The van der Waals surface area contributed by atoms with Crippen LogP contribution >= 0.6 is 0 Å². The topological polar surface area (TPSA) is 76.1 Å². The molecule has 0 radical (unpaired) electrons. The Morgan fingerprint density at radius 2 is 1.67 bits per heavy atom. The van der Waals surface area contributed by atoms with E-state index in [0.29, 0.717) is 24.3 Å². The number of anilines is 1. The lowest BCUT2D eigenvalue weighted by Crippen LogP contribution is -2.55. The van der Waals surface area contributed by atoms with Crippen molar-refractivity contribution in [3.05, 3.63) is 90.0 Å². The van der Waals surface area contributed by atoms with Gasteiger partial charge in [-0.3, -0.25) is 9.59 Å². The smallest absolute Gasteiger partial charge is 0.308 e. The number of aliphatic hydroxyl groups is 1. The van der Waals surface area contributed by atoms with Crippen LogP contribution in [0.5, 0.6) is 11.5 Å². The maximum absolute atomic E-state index is 13.3. The highest BCUT2D eigenvalue weighted by Gasteiger charge is 2.49. The number of carbonyl (C=O) groups excluding carboxylic acids is 2. The molecular weight excluding hydrogens is 418 g/mol. The van der Waals surface area contributed by atoms with Crippen molar-refractivity contribution < 1.29 is 24.2 Å². The van der Waals surface area contributed by atoms with E-state index in [2.05, 4.69) is 0 Å². The largest absolute Gasteiger partial charge is 0.497 e. The third-order valence-electron chi connectivity index (χ3n) is 5.99. The van der Waals surface area contributed by atoms with E-state index in [0.717, 1.165) is 16.8 Å². The number of aliphatic hydroxyl groups excluding tert-OH is 1. The second kappa shape index (κ2) is 9.88. The van der Waals surface area contributed by atoms with Crippen LogP contribution in [0.3, 0.4) is 0 Å². The number of ether oxygens (including phenoxy) is 2. The number of benzene rings is 3. The van der Waals surface area contributed by atoms with E-state index in [1.54, 1.807) is 24.1 Å². The number of para-hydroxylation sites is 1. The van der Waals surface area contributed by atoms with Gasteiger partial charge in [0, 0.05) is 18.2 Å². The number of carbonyl (C=O) groups is 2. The monoisotopic (exact) mass is 445 g/mol. The molecule has 0 saturated carbocycles. The quantitative estimate of drug-likeness (QED) is 0.305. The predicted octanol–water partition coefficient (Wildman–Crippen LogP) is 4.84. The maximum Gasteiger partial charge on any atom is 0.308 e. The van der Waals surface area contributed by atoms with Gasteiger partial charge in [0.1, 0.15) is 11.5 Å². The second-order valence-corrected chi connectivity index (χ2v) is 8.09. The SMILES string of the molecule is COc1ccc(N2C(=O)C(CC[C@@H](O)c3ccccc3)C2c2ccccc2OC(C)=O)cc1. The number of β-lactam (4-membered cyclic amide) rings is 1. The minimum atomic E-state index is -0.654. The highest BCUT2D eigenvalue weighted by molar-refractivity contribution is 6.03. The Kier molecular flexibility index (Phi) is 6.75. The molecule has 0 aromatic heterocycles. The minimum Gasteiger partial charge on any atom is -0.497 e. The van der Waals surface area contributed by atoms with Crippen molar-refractivity contribution in [1.82, 2.24) is 0 Å². The highest BCUT2D eigenvalue weighted by atomic mass is 16.5. The van der Waals surface area contributed by atoms with E-state index < -0.39 is 12.1 Å². The molecule has 0 bridgehead atoms. The molecule has 1 aliphatic rings. The third-order valence-corrected chi connectivity index (χ3v) is 5.99. The first kappa shape index (κ1) is 22.6. The zero-order chi connectivity index (χ0) is 23.4. The van der Waals surface area contributed by atoms with Crippen molar-refractivity contribution in [2.24, 2.45) is 5.92 Å². The molecule has 6 nitrogen and oxygen atoms in total. The van der Waals surface area contributed by atoms with Crippen LogP contribution in [-0.2, 0) is 9.59 Å². The van der Waals surface area contributed by atoms with Crippen molar-refractivity contribution in [3.63, 3.8) is 0 Å². The van der Waals surface area contributed by atoms with E-state index in [9.17, 15) is 14.7 Å². The van der Waals surface area contributed by atoms with Crippen LogP contribution in [0.15, 0.2) is 78.9 Å². The number of hydrogen-bond acceptors (Lipinski definition) is 5. The van der Waals surface area contributed by atoms with Crippen LogP contribution in [-0.4, -0.2) is 24.1 Å². The molecule has 3 aromatic rings. The minimum absolute atomic E-state index is 0.0249. The van der Waals surface area contributed by atoms with Gasteiger partial charge in [-0.25, -0.2) is 0 Å². The van der Waals surface area contributed by atoms with Crippen LogP contribution in [0.1, 0.15) is 43.0 Å². The van der Waals surface area contributed by atoms with Gasteiger partial charge in [-0.2, -0.15) is 0 Å². The van der Waals surface area contributed by atoms with Gasteiger partial charge in [0.25, 0.3) is 0 Å². The van der Waals surface area contributed by atoms with Gasteiger partial charge < -0.3 is 19.5 Å². The molecule has 2 unspecified atom stereocenters. The Bertz CT molecular complexity index is 1110. The number of esters is 1. The summed E-state index contributed by atoms with van der Waals surface area (Å²) in [6.45, 7) is 1.36. The van der Waals surface area contributed by atoms with Crippen LogP contribution in [0, 0.1) is 5.92 Å². The van der Waals surface area contributed by atoms with Crippen LogP contribution in [0.25, 0.3) is 0 Å². The Morgan fingerprint density at radius 1 is 1.00 bits per heavy atom. The Balaban J connectivity index is 1.63. The average molecular weight is 446 g/mol. The first-order valence-corrected chi connectivity index (χ1v) is 11.0. The standard InChI is InChI=1S/C27H27NO5/c1-18(29)33-25-11-7-6-10-22(25)26-23(16-17-24(30)19-8-4-3-5-9-19)27(31)28(26)20-12-14-21(32-2)15-13-20/h3-15,23-24,26,30H,16-17H2,1-2H3/t23?,24-,26?/m1/s1. The summed E-state index contributed by atoms with van der Waals surface area (Å²) in [5.74, 6) is 0.353. The van der Waals surface area contributed by atoms with Gasteiger partial charge in [-0.15, -0.1) is 0 Å². The molecule has 1 saturated heterocycles. The molecule has 1 heterocycles. The molecular formula is C27H27NO5. The van der Waals surface area contributed by atoms with Gasteiger partial charge in [0.05, 0.1) is 25.2 Å². The molecule has 4 rings (SSSR count). The van der Waals surface area contributed by atoms with Gasteiger partial charge >= 0.3 is 5.97 Å². The summed E-state index contributed by atoms with van der Waals surface area (Å²) in [5, 5.41) is 10.6. The van der Waals surface area contributed by atoms with E-state index in [1.807, 2.05) is 66.7 Å². The molecule has 1 N–H and O–H groups in total. The molecule has 1 amide bonds. The lowest BCUT2D eigenvalue weighted by molar-refractivity contribution is -0.132. The fourth-order valence-corrected chi connectivity index (χ4v) is 4.37. The Hall–Kier alpha value is -3.64. The lowest BCUT2D eigenvalue weighted by Gasteiger charge is -2.48. The number of rotatable bonds is 8. The van der Waals surface area contributed by atoms with Crippen molar-refractivity contribution in [2.45, 2.75) is 31.9 Å². The van der Waals surface area contributed by atoms with E-state index in [1.165, 1.54) is 6.92 Å². The molecule has 1 fully saturated rings. The molecule has 3 atom stereocenters. The van der Waals surface area contributed by atoms with E-state index in [-0.39, 0.29) is 17.9 Å². The summed E-state index contributed by atoms with van der Waals surface area (Å²) in [7, 11) is 1.59. The van der Waals surface area contributed by atoms with Gasteiger partial charge in [0.15, 0.2) is 0 Å².